The Morgan fingerprint density at radius 2 is 0.935 bits per heavy atom. The van der Waals surface area contributed by atoms with Gasteiger partial charge in [-0.05, 0) is 35.9 Å². The third kappa shape index (κ3) is 3.53. The van der Waals surface area contributed by atoms with Crippen molar-refractivity contribution in [3.05, 3.63) is 115 Å². The smallest absolute Gasteiger partial charge is 0.190 e. The number of benzene rings is 4. The van der Waals surface area contributed by atoms with Crippen molar-refractivity contribution in [1.29, 1.82) is 0 Å². The number of pyridine rings is 1. The molecule has 31 heavy (non-hydrogen) atoms. The van der Waals surface area contributed by atoms with Crippen LogP contribution >= 0.6 is 0 Å². The van der Waals surface area contributed by atoms with Crippen molar-refractivity contribution in [3.8, 4) is 33.6 Å². The molecule has 5 aromatic rings. The number of aromatic nitrogens is 1. The van der Waals surface area contributed by atoms with E-state index in [1.165, 1.54) is 44.4 Å². The lowest BCUT2D eigenvalue weighted by Crippen LogP contribution is -2.39. The van der Waals surface area contributed by atoms with Gasteiger partial charge in [-0.3, -0.25) is 0 Å². The zero-order valence-electron chi connectivity index (χ0n) is 17.8. The lowest BCUT2D eigenvalue weighted by molar-refractivity contribution is -0.673. The molecule has 1 heteroatoms. The Morgan fingerprint density at radius 1 is 0.484 bits per heavy atom. The minimum absolute atomic E-state index is 0.957. The fraction of sp³-hybridized carbons (Fsp3) is 0.100. The Kier molecular flexibility index (Phi) is 5.33. The molecule has 0 aliphatic carbocycles. The van der Waals surface area contributed by atoms with Crippen LogP contribution in [0.1, 0.15) is 13.3 Å². The standard InChI is InChI=1S/C30H26N/c1-2-22-31-29(24-16-8-4-9-17-24)27-21-13-12-20-26(27)28(23-14-6-3-7-15-23)30(31)25-18-10-5-11-19-25/h3-21H,2,22H2,1H3/q+1. The molecule has 0 saturated heterocycles. The maximum atomic E-state index is 2.54. The number of fused-ring (bicyclic) bond motifs is 1. The van der Waals surface area contributed by atoms with Gasteiger partial charge in [-0.15, -0.1) is 0 Å². The van der Waals surface area contributed by atoms with Gasteiger partial charge in [0.25, 0.3) is 0 Å². The third-order valence-electron chi connectivity index (χ3n) is 5.83. The molecule has 4 aromatic carbocycles. The predicted octanol–water partition coefficient (Wildman–Crippen LogP) is 7.54. The van der Waals surface area contributed by atoms with Crippen molar-refractivity contribution >= 4 is 10.8 Å². The van der Waals surface area contributed by atoms with Gasteiger partial charge in [0.05, 0.1) is 10.9 Å². The first-order chi connectivity index (χ1) is 15.4. The van der Waals surface area contributed by atoms with E-state index in [2.05, 4.69) is 127 Å². The molecule has 0 aliphatic rings. The highest BCUT2D eigenvalue weighted by atomic mass is 15.0. The Bertz CT molecular complexity index is 1310. The topological polar surface area (TPSA) is 3.88 Å². The summed E-state index contributed by atoms with van der Waals surface area (Å²) in [6.45, 7) is 3.22. The predicted molar refractivity (Wildman–Crippen MR) is 131 cm³/mol. The molecule has 0 aliphatic heterocycles. The second-order valence-corrected chi connectivity index (χ2v) is 7.87. The minimum Gasteiger partial charge on any atom is -0.190 e. The summed E-state index contributed by atoms with van der Waals surface area (Å²) in [5.74, 6) is 0. The molecular formula is C30H26N+. The Morgan fingerprint density at radius 3 is 1.48 bits per heavy atom. The Hall–Kier alpha value is -3.71. The van der Waals surface area contributed by atoms with Crippen molar-refractivity contribution in [2.45, 2.75) is 19.9 Å². The average molecular weight is 401 g/mol. The van der Waals surface area contributed by atoms with Crippen LogP contribution in [0.5, 0.6) is 0 Å². The highest BCUT2D eigenvalue weighted by Gasteiger charge is 2.28. The summed E-state index contributed by atoms with van der Waals surface area (Å²) in [7, 11) is 0. The zero-order valence-corrected chi connectivity index (χ0v) is 17.8. The highest BCUT2D eigenvalue weighted by Crippen LogP contribution is 2.39. The summed E-state index contributed by atoms with van der Waals surface area (Å²) < 4.78 is 2.54. The molecule has 0 unspecified atom stereocenters. The molecule has 1 nitrogen and oxygen atoms in total. The maximum absolute atomic E-state index is 2.54. The van der Waals surface area contributed by atoms with Crippen LogP contribution in [0.15, 0.2) is 115 Å². The van der Waals surface area contributed by atoms with Gasteiger partial charge >= 0.3 is 0 Å². The van der Waals surface area contributed by atoms with Gasteiger partial charge in [-0.25, -0.2) is 0 Å². The van der Waals surface area contributed by atoms with E-state index in [9.17, 15) is 0 Å². The van der Waals surface area contributed by atoms with Crippen LogP contribution in [-0.2, 0) is 6.54 Å². The fourth-order valence-corrected chi connectivity index (χ4v) is 4.58. The molecule has 1 aromatic heterocycles. The van der Waals surface area contributed by atoms with Crippen molar-refractivity contribution in [2.24, 2.45) is 0 Å². The van der Waals surface area contributed by atoms with Gasteiger partial charge in [0, 0.05) is 22.9 Å². The number of rotatable bonds is 5. The molecule has 0 saturated carbocycles. The average Bonchev–Trinajstić information content (AvgIpc) is 2.85. The normalized spacial score (nSPS) is 11.0. The van der Waals surface area contributed by atoms with E-state index in [0.29, 0.717) is 0 Å². The largest absolute Gasteiger partial charge is 0.221 e. The SMILES string of the molecule is CCC[n+]1c(-c2ccccc2)c(-c2ccccc2)c2ccccc2c1-c1ccccc1. The van der Waals surface area contributed by atoms with Gasteiger partial charge in [-0.2, -0.15) is 4.57 Å². The first-order valence-corrected chi connectivity index (χ1v) is 11.0. The fourth-order valence-electron chi connectivity index (χ4n) is 4.58. The third-order valence-corrected chi connectivity index (χ3v) is 5.83. The summed E-state index contributed by atoms with van der Waals surface area (Å²) >= 11 is 0. The van der Waals surface area contributed by atoms with E-state index in [-0.39, 0.29) is 0 Å². The van der Waals surface area contributed by atoms with E-state index in [4.69, 9.17) is 0 Å². The molecular weight excluding hydrogens is 374 g/mol. The van der Waals surface area contributed by atoms with E-state index < -0.39 is 0 Å². The molecule has 0 radical (unpaired) electrons. The quantitative estimate of drug-likeness (QED) is 0.268. The Balaban J connectivity index is 2.01. The van der Waals surface area contributed by atoms with Crippen molar-refractivity contribution < 1.29 is 4.57 Å². The van der Waals surface area contributed by atoms with E-state index in [1.807, 2.05) is 0 Å². The summed E-state index contributed by atoms with van der Waals surface area (Å²) in [6, 6.07) is 41.3. The number of nitrogens with zero attached hydrogens (tertiary/aromatic N) is 1. The van der Waals surface area contributed by atoms with Gasteiger partial charge in [0.15, 0.2) is 0 Å². The van der Waals surface area contributed by atoms with Crippen LogP contribution in [0.2, 0.25) is 0 Å². The second-order valence-electron chi connectivity index (χ2n) is 7.87. The van der Waals surface area contributed by atoms with Crippen LogP contribution in [0.25, 0.3) is 44.4 Å². The van der Waals surface area contributed by atoms with Crippen LogP contribution in [-0.4, -0.2) is 0 Å². The summed E-state index contributed by atoms with van der Waals surface area (Å²) in [5.41, 5.74) is 7.63. The van der Waals surface area contributed by atoms with Crippen molar-refractivity contribution in [3.63, 3.8) is 0 Å². The molecule has 0 N–H and O–H groups in total. The molecule has 0 amide bonds. The lowest BCUT2D eigenvalue weighted by atomic mass is 9.90. The van der Waals surface area contributed by atoms with E-state index in [0.717, 1.165) is 13.0 Å². The highest BCUT2D eigenvalue weighted by molar-refractivity contribution is 6.06. The maximum Gasteiger partial charge on any atom is 0.221 e. The van der Waals surface area contributed by atoms with Gasteiger partial charge in [0.2, 0.25) is 11.4 Å². The summed E-state index contributed by atoms with van der Waals surface area (Å²) in [4.78, 5) is 0. The molecule has 0 bridgehead atoms. The van der Waals surface area contributed by atoms with E-state index in [1.54, 1.807) is 0 Å². The number of hydrogen-bond donors (Lipinski definition) is 0. The summed E-state index contributed by atoms with van der Waals surface area (Å²) in [5, 5.41) is 2.58. The zero-order chi connectivity index (χ0) is 21.0. The van der Waals surface area contributed by atoms with Crippen LogP contribution in [0.3, 0.4) is 0 Å². The van der Waals surface area contributed by atoms with Crippen LogP contribution in [0.4, 0.5) is 0 Å². The van der Waals surface area contributed by atoms with Gasteiger partial charge in [0.1, 0.15) is 6.54 Å². The van der Waals surface area contributed by atoms with Crippen LogP contribution < -0.4 is 4.57 Å². The molecule has 1 heterocycles. The molecule has 0 fully saturated rings. The first-order valence-electron chi connectivity index (χ1n) is 11.0. The van der Waals surface area contributed by atoms with Gasteiger partial charge in [-0.1, -0.05) is 91.9 Å². The lowest BCUT2D eigenvalue weighted by Gasteiger charge is -2.17. The van der Waals surface area contributed by atoms with Crippen LogP contribution in [0, 0.1) is 0 Å². The molecule has 5 rings (SSSR count). The molecule has 0 atom stereocenters. The van der Waals surface area contributed by atoms with Crippen molar-refractivity contribution in [1.82, 2.24) is 0 Å². The van der Waals surface area contributed by atoms with E-state index >= 15 is 0 Å². The minimum atomic E-state index is 0.957. The molecule has 0 spiro atoms. The number of hydrogen-bond acceptors (Lipinski definition) is 0. The van der Waals surface area contributed by atoms with Crippen molar-refractivity contribution in [2.75, 3.05) is 0 Å². The van der Waals surface area contributed by atoms with Gasteiger partial charge < -0.3 is 0 Å². The Labute approximate surface area is 184 Å². The molecule has 150 valence electrons. The first kappa shape index (κ1) is 19.3. The monoisotopic (exact) mass is 400 g/mol. The summed E-state index contributed by atoms with van der Waals surface area (Å²) in [6.07, 6.45) is 1.07. The second kappa shape index (κ2) is 8.57.